The number of carboxylic acid groups (broad SMARTS) is 1. The number of furan rings is 1. The second kappa shape index (κ2) is 9.60. The number of hydrogen-bond acceptors (Lipinski definition) is 5. The fourth-order valence-corrected chi connectivity index (χ4v) is 6.07. The molecule has 2 unspecified atom stereocenters. The number of amides is 1. The minimum atomic E-state index is -0.801. The van der Waals surface area contributed by atoms with Gasteiger partial charge in [0.15, 0.2) is 0 Å². The Bertz CT molecular complexity index is 1280. The van der Waals surface area contributed by atoms with E-state index in [1.54, 1.807) is 11.0 Å². The van der Waals surface area contributed by atoms with Gasteiger partial charge in [0.1, 0.15) is 15.8 Å². The van der Waals surface area contributed by atoms with Crippen molar-refractivity contribution < 1.29 is 19.1 Å². The highest BCUT2D eigenvalue weighted by molar-refractivity contribution is 8.26. The fraction of sp³-hybridized carbons (Fsp3) is 0.222. The number of rotatable bonds is 5. The molecule has 7 heteroatoms. The van der Waals surface area contributed by atoms with Gasteiger partial charge in [0.2, 0.25) is 0 Å². The van der Waals surface area contributed by atoms with Crippen LogP contribution in [0.1, 0.15) is 31.4 Å². The van der Waals surface area contributed by atoms with Crippen LogP contribution in [-0.2, 0) is 9.59 Å². The number of hydrogen-bond donors (Lipinski definition) is 1. The summed E-state index contributed by atoms with van der Waals surface area (Å²) in [5, 5.41) is 9.40. The van der Waals surface area contributed by atoms with Crippen LogP contribution >= 0.6 is 24.0 Å². The molecule has 2 heterocycles. The number of benzene rings is 2. The van der Waals surface area contributed by atoms with Crippen LogP contribution in [0, 0.1) is 5.92 Å². The molecule has 2 fully saturated rings. The summed E-state index contributed by atoms with van der Waals surface area (Å²) >= 11 is 6.74. The van der Waals surface area contributed by atoms with Crippen LogP contribution in [0.3, 0.4) is 0 Å². The third-order valence-electron chi connectivity index (χ3n) is 6.36. The third-order valence-corrected chi connectivity index (χ3v) is 7.69. The van der Waals surface area contributed by atoms with Gasteiger partial charge < -0.3 is 9.52 Å². The van der Waals surface area contributed by atoms with Gasteiger partial charge in [-0.05, 0) is 42.5 Å². The Kier molecular flexibility index (Phi) is 6.39. The summed E-state index contributed by atoms with van der Waals surface area (Å²) in [4.78, 5) is 26.7. The molecule has 5 rings (SSSR count). The molecule has 1 amide bonds. The Morgan fingerprint density at radius 1 is 1.03 bits per heavy atom. The van der Waals surface area contributed by atoms with E-state index in [1.807, 2.05) is 48.5 Å². The summed E-state index contributed by atoms with van der Waals surface area (Å²) in [5.41, 5.74) is 3.15. The van der Waals surface area contributed by atoms with Crippen LogP contribution in [-0.4, -0.2) is 32.2 Å². The molecule has 34 heavy (non-hydrogen) atoms. The maximum Gasteiger partial charge on any atom is 0.306 e. The van der Waals surface area contributed by atoms with Crippen molar-refractivity contribution in [1.29, 1.82) is 0 Å². The van der Waals surface area contributed by atoms with Crippen molar-refractivity contribution in [2.24, 2.45) is 5.92 Å². The van der Waals surface area contributed by atoms with Gasteiger partial charge in [-0.15, -0.1) is 0 Å². The molecular weight excluding hydrogens is 466 g/mol. The molecule has 0 spiro atoms. The zero-order valence-electron chi connectivity index (χ0n) is 18.3. The lowest BCUT2D eigenvalue weighted by Gasteiger charge is -2.32. The number of carbonyl (C=O) groups is 2. The van der Waals surface area contributed by atoms with Gasteiger partial charge in [0, 0.05) is 17.7 Å². The van der Waals surface area contributed by atoms with E-state index in [1.165, 1.54) is 11.8 Å². The van der Waals surface area contributed by atoms with Gasteiger partial charge in [-0.25, -0.2) is 0 Å². The van der Waals surface area contributed by atoms with E-state index in [4.69, 9.17) is 16.6 Å². The molecule has 1 N–H and O–H groups in total. The van der Waals surface area contributed by atoms with Crippen molar-refractivity contribution in [3.8, 4) is 22.5 Å². The maximum atomic E-state index is 13.2. The molecule has 0 bridgehead atoms. The summed E-state index contributed by atoms with van der Waals surface area (Å²) in [6, 6.07) is 21.8. The van der Waals surface area contributed by atoms with Crippen LogP contribution in [0.2, 0.25) is 0 Å². The fourth-order valence-electron chi connectivity index (χ4n) is 4.69. The van der Waals surface area contributed by atoms with E-state index >= 15 is 0 Å². The largest absolute Gasteiger partial charge is 0.481 e. The number of nitrogens with zero attached hydrogens (tertiary/aromatic N) is 1. The Hall–Kier alpha value is -3.16. The molecule has 1 aliphatic carbocycles. The van der Waals surface area contributed by atoms with E-state index < -0.39 is 11.9 Å². The van der Waals surface area contributed by atoms with Crippen molar-refractivity contribution in [3.63, 3.8) is 0 Å². The average molecular weight is 490 g/mol. The predicted octanol–water partition coefficient (Wildman–Crippen LogP) is 6.46. The number of carboxylic acids is 1. The minimum absolute atomic E-state index is 0.168. The second-order valence-corrected chi connectivity index (χ2v) is 10.2. The third kappa shape index (κ3) is 4.45. The van der Waals surface area contributed by atoms with E-state index in [2.05, 4.69) is 18.2 Å². The maximum absolute atomic E-state index is 13.2. The van der Waals surface area contributed by atoms with Gasteiger partial charge in [-0.1, -0.05) is 85.0 Å². The first kappa shape index (κ1) is 22.6. The lowest BCUT2D eigenvalue weighted by molar-refractivity contribution is -0.144. The van der Waals surface area contributed by atoms with Crippen molar-refractivity contribution in [3.05, 3.63) is 77.4 Å². The average Bonchev–Trinajstić information content (AvgIpc) is 3.43. The molecule has 2 aliphatic rings. The highest BCUT2D eigenvalue weighted by Crippen LogP contribution is 2.39. The SMILES string of the molecule is O=C(O)C1CCCC(N2C(=O)/C(=C\c3ccc(-c4ccccc4-c4ccccc4)o3)SC2=S)C1. The first-order valence-corrected chi connectivity index (χ1v) is 12.5. The van der Waals surface area contributed by atoms with Crippen LogP contribution in [0.25, 0.3) is 28.5 Å². The molecule has 1 aromatic heterocycles. The first-order chi connectivity index (χ1) is 16.5. The molecule has 172 valence electrons. The minimum Gasteiger partial charge on any atom is -0.481 e. The van der Waals surface area contributed by atoms with Gasteiger partial charge in [0.05, 0.1) is 10.8 Å². The Morgan fingerprint density at radius 2 is 1.76 bits per heavy atom. The standard InChI is InChI=1S/C27H23NO4S2/c29-25-24(34-27(33)28(25)19-10-6-9-18(15-19)26(30)31)16-20-13-14-23(32-20)22-12-5-4-11-21(22)17-7-2-1-3-8-17/h1-5,7-8,11-14,16,18-19H,6,9-10,15H2,(H,30,31)/b24-16+. The Morgan fingerprint density at radius 3 is 2.53 bits per heavy atom. The summed E-state index contributed by atoms with van der Waals surface area (Å²) in [7, 11) is 0. The van der Waals surface area contributed by atoms with Crippen LogP contribution in [0.15, 0.2) is 76.1 Å². The van der Waals surface area contributed by atoms with E-state index in [0.29, 0.717) is 27.8 Å². The van der Waals surface area contributed by atoms with Crippen LogP contribution < -0.4 is 0 Å². The lowest BCUT2D eigenvalue weighted by Crippen LogP contribution is -2.42. The van der Waals surface area contributed by atoms with E-state index in [9.17, 15) is 14.7 Å². The molecule has 3 aromatic rings. The summed E-state index contributed by atoms with van der Waals surface area (Å²) < 4.78 is 6.61. The van der Waals surface area contributed by atoms with Crippen LogP contribution in [0.5, 0.6) is 0 Å². The van der Waals surface area contributed by atoms with Gasteiger partial charge in [0.25, 0.3) is 5.91 Å². The van der Waals surface area contributed by atoms with E-state index in [0.717, 1.165) is 35.3 Å². The molecule has 0 radical (unpaired) electrons. The molecule has 1 aliphatic heterocycles. The van der Waals surface area contributed by atoms with Crippen molar-refractivity contribution in [2.45, 2.75) is 31.7 Å². The predicted molar refractivity (Wildman–Crippen MR) is 138 cm³/mol. The zero-order valence-corrected chi connectivity index (χ0v) is 20.0. The highest BCUT2D eigenvalue weighted by Gasteiger charge is 2.40. The van der Waals surface area contributed by atoms with Gasteiger partial charge in [-0.3, -0.25) is 14.5 Å². The zero-order chi connectivity index (χ0) is 23.7. The van der Waals surface area contributed by atoms with Crippen molar-refractivity contribution >= 4 is 46.3 Å². The molecule has 1 saturated carbocycles. The molecule has 2 aromatic carbocycles. The van der Waals surface area contributed by atoms with Crippen molar-refractivity contribution in [1.82, 2.24) is 4.90 Å². The molecule has 2 atom stereocenters. The summed E-state index contributed by atoms with van der Waals surface area (Å²) in [6.07, 6.45) is 4.36. The highest BCUT2D eigenvalue weighted by atomic mass is 32.2. The van der Waals surface area contributed by atoms with Gasteiger partial charge in [-0.2, -0.15) is 0 Å². The first-order valence-electron chi connectivity index (χ1n) is 11.3. The summed E-state index contributed by atoms with van der Waals surface area (Å²) in [6.45, 7) is 0. The number of thioether (sulfide) groups is 1. The quantitative estimate of drug-likeness (QED) is 0.328. The second-order valence-electron chi connectivity index (χ2n) is 8.52. The number of carbonyl (C=O) groups excluding carboxylic acids is 1. The Balaban J connectivity index is 1.39. The van der Waals surface area contributed by atoms with Gasteiger partial charge >= 0.3 is 5.97 Å². The topological polar surface area (TPSA) is 70.8 Å². The molecule has 1 saturated heterocycles. The summed E-state index contributed by atoms with van der Waals surface area (Å²) in [5.74, 6) is -0.105. The molecule has 5 nitrogen and oxygen atoms in total. The number of aliphatic carboxylic acids is 1. The molecular formula is C27H23NO4S2. The van der Waals surface area contributed by atoms with E-state index in [-0.39, 0.29) is 11.9 Å². The van der Waals surface area contributed by atoms with Crippen molar-refractivity contribution in [2.75, 3.05) is 0 Å². The monoisotopic (exact) mass is 489 g/mol. The van der Waals surface area contributed by atoms with Crippen LogP contribution in [0.4, 0.5) is 0 Å². The Labute approximate surface area is 207 Å². The normalized spacial score (nSPS) is 21.9. The number of thiocarbonyl (C=S) groups is 1. The smallest absolute Gasteiger partial charge is 0.306 e. The lowest BCUT2D eigenvalue weighted by atomic mass is 9.85.